The first-order valence-corrected chi connectivity index (χ1v) is 9.70. The largest absolute Gasteiger partial charge is 0.354 e. The molecule has 3 fully saturated rings. The van der Waals surface area contributed by atoms with Crippen LogP contribution in [0.1, 0.15) is 50.5 Å². The van der Waals surface area contributed by atoms with E-state index in [-0.39, 0.29) is 0 Å². The highest BCUT2D eigenvalue weighted by Crippen LogP contribution is 2.40. The minimum Gasteiger partial charge on any atom is -0.354 e. The zero-order valence-electron chi connectivity index (χ0n) is 14.7. The van der Waals surface area contributed by atoms with Crippen molar-refractivity contribution in [2.75, 3.05) is 19.6 Å². The standard InChI is InChI=1S/C20H30N4/c1-2-21-20(22-16-10-12-24(13-11-16)17-8-9-17)23-19-14-18(19)15-6-4-3-5-7-15/h3-7,16-19H,2,8-14H2,1H3,(H2,21,22,23). The van der Waals surface area contributed by atoms with E-state index in [0.29, 0.717) is 18.0 Å². The van der Waals surface area contributed by atoms with Crippen molar-refractivity contribution in [2.24, 2.45) is 4.99 Å². The van der Waals surface area contributed by atoms with Crippen molar-refractivity contribution < 1.29 is 0 Å². The van der Waals surface area contributed by atoms with Crippen molar-refractivity contribution in [1.29, 1.82) is 0 Å². The summed E-state index contributed by atoms with van der Waals surface area (Å²) in [4.78, 5) is 7.35. The topological polar surface area (TPSA) is 39.7 Å². The number of nitrogens with one attached hydrogen (secondary N) is 2. The highest BCUT2D eigenvalue weighted by molar-refractivity contribution is 5.81. The lowest BCUT2D eigenvalue weighted by Crippen LogP contribution is -2.49. The fourth-order valence-corrected chi connectivity index (χ4v) is 3.93. The first-order valence-electron chi connectivity index (χ1n) is 9.70. The number of benzene rings is 1. The summed E-state index contributed by atoms with van der Waals surface area (Å²) in [7, 11) is 0. The molecule has 1 aromatic rings. The predicted octanol–water partition coefficient (Wildman–Crippen LogP) is 2.72. The normalized spacial score (nSPS) is 28.6. The lowest BCUT2D eigenvalue weighted by Gasteiger charge is -2.33. The fourth-order valence-electron chi connectivity index (χ4n) is 3.93. The van der Waals surface area contributed by atoms with Crippen LogP contribution in [0.15, 0.2) is 35.3 Å². The Labute approximate surface area is 145 Å². The number of likely N-dealkylation sites (tertiary alicyclic amines) is 1. The third-order valence-electron chi connectivity index (χ3n) is 5.59. The molecule has 4 nitrogen and oxygen atoms in total. The Morgan fingerprint density at radius 3 is 2.50 bits per heavy atom. The molecule has 0 radical (unpaired) electrons. The summed E-state index contributed by atoms with van der Waals surface area (Å²) in [5.74, 6) is 1.66. The van der Waals surface area contributed by atoms with Gasteiger partial charge in [0.2, 0.25) is 0 Å². The highest BCUT2D eigenvalue weighted by atomic mass is 15.2. The van der Waals surface area contributed by atoms with E-state index < -0.39 is 0 Å². The molecule has 1 aliphatic heterocycles. The smallest absolute Gasteiger partial charge is 0.191 e. The molecule has 24 heavy (non-hydrogen) atoms. The Balaban J connectivity index is 1.27. The molecule has 0 aromatic heterocycles. The Morgan fingerprint density at radius 2 is 1.83 bits per heavy atom. The lowest BCUT2D eigenvalue weighted by molar-refractivity contribution is 0.197. The number of hydrogen-bond donors (Lipinski definition) is 2. The number of rotatable bonds is 5. The van der Waals surface area contributed by atoms with Gasteiger partial charge in [0.1, 0.15) is 0 Å². The van der Waals surface area contributed by atoms with Crippen molar-refractivity contribution in [3.63, 3.8) is 0 Å². The molecule has 2 saturated carbocycles. The van der Waals surface area contributed by atoms with E-state index in [9.17, 15) is 0 Å². The summed E-state index contributed by atoms with van der Waals surface area (Å²) in [5, 5.41) is 7.35. The minimum absolute atomic E-state index is 0.539. The van der Waals surface area contributed by atoms with Crippen LogP contribution in [0.3, 0.4) is 0 Å². The third kappa shape index (κ3) is 3.92. The summed E-state index contributed by atoms with van der Waals surface area (Å²) in [6, 6.07) is 12.9. The van der Waals surface area contributed by atoms with Gasteiger partial charge in [-0.25, -0.2) is 0 Å². The number of guanidine groups is 1. The van der Waals surface area contributed by atoms with Crippen LogP contribution in [0, 0.1) is 0 Å². The summed E-state index contributed by atoms with van der Waals surface area (Å²) in [6.07, 6.45) is 6.55. The predicted molar refractivity (Wildman–Crippen MR) is 99.5 cm³/mol. The Hall–Kier alpha value is -1.55. The molecule has 4 heteroatoms. The fraction of sp³-hybridized carbons (Fsp3) is 0.650. The summed E-state index contributed by atoms with van der Waals surface area (Å²) < 4.78 is 0. The first-order chi connectivity index (χ1) is 11.8. The minimum atomic E-state index is 0.539. The van der Waals surface area contributed by atoms with Crippen LogP contribution in [-0.2, 0) is 0 Å². The number of nitrogens with zero attached hydrogens (tertiary/aromatic N) is 2. The molecule has 3 aliphatic rings. The molecule has 130 valence electrons. The molecule has 0 spiro atoms. The zero-order valence-corrected chi connectivity index (χ0v) is 14.7. The average Bonchev–Trinajstić information content (AvgIpc) is 3.51. The van der Waals surface area contributed by atoms with Gasteiger partial charge in [-0.15, -0.1) is 0 Å². The highest BCUT2D eigenvalue weighted by Gasteiger charge is 2.39. The molecule has 2 aliphatic carbocycles. The molecule has 0 amide bonds. The van der Waals surface area contributed by atoms with Gasteiger partial charge in [0, 0.05) is 43.7 Å². The second-order valence-electron chi connectivity index (χ2n) is 7.51. The monoisotopic (exact) mass is 326 g/mol. The number of hydrogen-bond acceptors (Lipinski definition) is 2. The molecule has 2 unspecified atom stereocenters. The van der Waals surface area contributed by atoms with E-state index in [1.54, 1.807) is 0 Å². The molecule has 0 bridgehead atoms. The third-order valence-corrected chi connectivity index (χ3v) is 5.59. The van der Waals surface area contributed by atoms with Gasteiger partial charge in [-0.05, 0) is 44.6 Å². The van der Waals surface area contributed by atoms with E-state index in [1.165, 1.54) is 50.8 Å². The second kappa shape index (κ2) is 7.14. The van der Waals surface area contributed by atoms with E-state index in [1.807, 2.05) is 0 Å². The molecular formula is C20H30N4. The van der Waals surface area contributed by atoms with Crippen LogP contribution in [0.5, 0.6) is 0 Å². The van der Waals surface area contributed by atoms with Crippen molar-refractivity contribution in [3.05, 3.63) is 35.9 Å². The first kappa shape index (κ1) is 15.9. The van der Waals surface area contributed by atoms with E-state index in [2.05, 4.69) is 57.8 Å². The Kier molecular flexibility index (Phi) is 4.74. The second-order valence-corrected chi connectivity index (χ2v) is 7.51. The van der Waals surface area contributed by atoms with Gasteiger partial charge in [0.15, 0.2) is 5.96 Å². The van der Waals surface area contributed by atoms with Crippen LogP contribution < -0.4 is 10.6 Å². The maximum atomic E-state index is 4.67. The molecular weight excluding hydrogens is 296 g/mol. The molecule has 1 saturated heterocycles. The average molecular weight is 326 g/mol. The molecule has 2 atom stereocenters. The van der Waals surface area contributed by atoms with Gasteiger partial charge in [-0.2, -0.15) is 0 Å². The molecule has 1 heterocycles. The summed E-state index contributed by atoms with van der Waals surface area (Å²) in [5.41, 5.74) is 1.45. The summed E-state index contributed by atoms with van der Waals surface area (Å²) >= 11 is 0. The van der Waals surface area contributed by atoms with Crippen molar-refractivity contribution in [1.82, 2.24) is 15.5 Å². The quantitative estimate of drug-likeness (QED) is 0.646. The van der Waals surface area contributed by atoms with Crippen molar-refractivity contribution in [2.45, 2.75) is 63.1 Å². The van der Waals surface area contributed by atoms with Gasteiger partial charge in [0.25, 0.3) is 0 Å². The maximum absolute atomic E-state index is 4.67. The van der Waals surface area contributed by atoms with Crippen LogP contribution in [0.25, 0.3) is 0 Å². The van der Waals surface area contributed by atoms with Crippen molar-refractivity contribution >= 4 is 5.96 Å². The molecule has 4 rings (SSSR count). The van der Waals surface area contributed by atoms with Crippen LogP contribution in [0.2, 0.25) is 0 Å². The SMILES string of the molecule is CCN=C(NC1CCN(C2CC2)CC1)NC1CC1c1ccccc1. The number of piperidine rings is 1. The van der Waals surface area contributed by atoms with Crippen LogP contribution in [0.4, 0.5) is 0 Å². The van der Waals surface area contributed by atoms with E-state index >= 15 is 0 Å². The zero-order chi connectivity index (χ0) is 16.4. The van der Waals surface area contributed by atoms with E-state index in [0.717, 1.165) is 18.5 Å². The number of aliphatic imine (C=N–C) groups is 1. The van der Waals surface area contributed by atoms with Gasteiger partial charge >= 0.3 is 0 Å². The summed E-state index contributed by atoms with van der Waals surface area (Å²) in [6.45, 7) is 5.44. The molecule has 2 N–H and O–H groups in total. The van der Waals surface area contributed by atoms with Gasteiger partial charge < -0.3 is 15.5 Å². The Morgan fingerprint density at radius 1 is 1.08 bits per heavy atom. The van der Waals surface area contributed by atoms with Crippen LogP contribution in [-0.4, -0.2) is 48.6 Å². The van der Waals surface area contributed by atoms with E-state index in [4.69, 9.17) is 0 Å². The maximum Gasteiger partial charge on any atom is 0.191 e. The van der Waals surface area contributed by atoms with Crippen molar-refractivity contribution in [3.8, 4) is 0 Å². The van der Waals surface area contributed by atoms with Gasteiger partial charge in [0.05, 0.1) is 0 Å². The Bertz CT molecular complexity index is 558. The lowest BCUT2D eigenvalue weighted by atomic mass is 10.1. The van der Waals surface area contributed by atoms with Gasteiger partial charge in [-0.3, -0.25) is 4.99 Å². The van der Waals surface area contributed by atoms with Crippen LogP contribution >= 0.6 is 0 Å². The molecule has 1 aromatic carbocycles. The van der Waals surface area contributed by atoms with Gasteiger partial charge in [-0.1, -0.05) is 30.3 Å².